The molecule has 0 radical (unpaired) electrons. The van der Waals surface area contributed by atoms with E-state index in [1.54, 1.807) is 32.6 Å². The largest absolute Gasteiger partial charge is 0.466 e. The molecular weight excluding hydrogens is 300 g/mol. The molecule has 1 aliphatic heterocycles. The maximum absolute atomic E-state index is 12.5. The Kier molecular flexibility index (Phi) is 7.32. The Morgan fingerprint density at radius 3 is 2.61 bits per heavy atom. The van der Waals surface area contributed by atoms with Crippen LogP contribution < -0.4 is 5.32 Å². The molecule has 1 aliphatic rings. The van der Waals surface area contributed by atoms with Gasteiger partial charge in [0.05, 0.1) is 13.0 Å². The summed E-state index contributed by atoms with van der Waals surface area (Å²) in [4.78, 5) is 37.4. The number of hydrogen-bond acceptors (Lipinski definition) is 5. The van der Waals surface area contributed by atoms with Crippen LogP contribution in [0.15, 0.2) is 0 Å². The van der Waals surface area contributed by atoms with Gasteiger partial charge in [-0.25, -0.2) is 4.79 Å². The summed E-state index contributed by atoms with van der Waals surface area (Å²) in [5, 5.41) is 2.64. The molecule has 0 aromatic carbocycles. The Hall–Kier alpha value is -1.79. The summed E-state index contributed by atoms with van der Waals surface area (Å²) < 4.78 is 10.1. The Morgan fingerprint density at radius 2 is 2.00 bits per heavy atom. The summed E-state index contributed by atoms with van der Waals surface area (Å²) in [7, 11) is 0. The van der Waals surface area contributed by atoms with Crippen LogP contribution in [0, 0.1) is 0 Å². The third-order valence-corrected chi connectivity index (χ3v) is 3.36. The van der Waals surface area contributed by atoms with Gasteiger partial charge >= 0.3 is 12.1 Å². The van der Waals surface area contributed by atoms with Crippen LogP contribution in [0.2, 0.25) is 0 Å². The molecule has 0 aromatic heterocycles. The van der Waals surface area contributed by atoms with Gasteiger partial charge in [0.2, 0.25) is 5.91 Å². The zero-order valence-corrected chi connectivity index (χ0v) is 14.5. The van der Waals surface area contributed by atoms with Crippen molar-refractivity contribution in [1.29, 1.82) is 0 Å². The van der Waals surface area contributed by atoms with Crippen LogP contribution in [-0.4, -0.2) is 54.2 Å². The van der Waals surface area contributed by atoms with Crippen molar-refractivity contribution in [2.75, 3.05) is 19.7 Å². The van der Waals surface area contributed by atoms with E-state index in [4.69, 9.17) is 9.47 Å². The molecule has 1 rings (SSSR count). The van der Waals surface area contributed by atoms with Crippen LogP contribution in [0.5, 0.6) is 0 Å². The van der Waals surface area contributed by atoms with E-state index in [0.29, 0.717) is 26.1 Å². The zero-order valence-electron chi connectivity index (χ0n) is 14.5. The molecule has 7 heteroatoms. The highest BCUT2D eigenvalue weighted by Gasteiger charge is 2.30. The molecule has 7 nitrogen and oxygen atoms in total. The van der Waals surface area contributed by atoms with Gasteiger partial charge in [0.25, 0.3) is 0 Å². The number of esters is 1. The molecule has 132 valence electrons. The zero-order chi connectivity index (χ0) is 17.5. The minimum absolute atomic E-state index is 0.165. The number of carbonyl (C=O) groups excluding carboxylic acids is 3. The van der Waals surface area contributed by atoms with Crippen molar-refractivity contribution in [2.45, 2.75) is 65.0 Å². The average Bonchev–Trinajstić information content (AvgIpc) is 2.58. The van der Waals surface area contributed by atoms with E-state index in [1.807, 2.05) is 0 Å². The molecule has 1 saturated heterocycles. The van der Waals surface area contributed by atoms with Crippen LogP contribution in [-0.2, 0) is 19.1 Å². The first kappa shape index (κ1) is 19.3. The molecule has 0 aliphatic carbocycles. The van der Waals surface area contributed by atoms with E-state index < -0.39 is 17.7 Å². The maximum Gasteiger partial charge on any atom is 0.408 e. The Balaban J connectivity index is 2.58. The first-order chi connectivity index (χ1) is 10.7. The lowest BCUT2D eigenvalue weighted by Crippen LogP contribution is -2.49. The minimum atomic E-state index is -0.610. The molecule has 0 unspecified atom stereocenters. The number of ether oxygens (including phenoxy) is 2. The van der Waals surface area contributed by atoms with Crippen molar-refractivity contribution in [1.82, 2.24) is 10.2 Å². The predicted octanol–water partition coefficient (Wildman–Crippen LogP) is 1.85. The number of rotatable bonds is 5. The topological polar surface area (TPSA) is 84.9 Å². The van der Waals surface area contributed by atoms with Gasteiger partial charge in [-0.1, -0.05) is 0 Å². The molecule has 1 heterocycles. The van der Waals surface area contributed by atoms with Gasteiger partial charge in [0.15, 0.2) is 0 Å². The number of carbonyl (C=O) groups is 3. The SMILES string of the molecule is CCOC(=O)CCN1CCCC[C@H](NC(=O)OC(C)(C)C)C1=O. The Morgan fingerprint density at radius 1 is 1.30 bits per heavy atom. The summed E-state index contributed by atoms with van der Waals surface area (Å²) in [5.74, 6) is -0.487. The van der Waals surface area contributed by atoms with E-state index in [-0.39, 0.29) is 18.3 Å². The van der Waals surface area contributed by atoms with Gasteiger partial charge in [-0.15, -0.1) is 0 Å². The Bertz CT molecular complexity index is 431. The molecule has 0 saturated carbocycles. The normalized spacial score (nSPS) is 19.0. The number of alkyl carbamates (subject to hydrolysis) is 1. The smallest absolute Gasteiger partial charge is 0.408 e. The van der Waals surface area contributed by atoms with E-state index >= 15 is 0 Å². The monoisotopic (exact) mass is 328 g/mol. The van der Waals surface area contributed by atoms with Gasteiger partial charge in [-0.3, -0.25) is 9.59 Å². The Labute approximate surface area is 137 Å². The van der Waals surface area contributed by atoms with Gasteiger partial charge in [0, 0.05) is 13.1 Å². The second kappa shape index (κ2) is 8.74. The van der Waals surface area contributed by atoms with Crippen LogP contribution in [0.4, 0.5) is 4.79 Å². The first-order valence-electron chi connectivity index (χ1n) is 8.17. The molecule has 1 N–H and O–H groups in total. The van der Waals surface area contributed by atoms with Crippen molar-refractivity contribution in [3.63, 3.8) is 0 Å². The standard InChI is InChI=1S/C16H28N2O5/c1-5-22-13(19)9-11-18-10-7-6-8-12(14(18)20)17-15(21)23-16(2,3)4/h12H,5-11H2,1-4H3,(H,17,21)/t12-/m0/s1. The number of likely N-dealkylation sites (tertiary alicyclic amines) is 1. The van der Waals surface area contributed by atoms with Crippen LogP contribution in [0.25, 0.3) is 0 Å². The highest BCUT2D eigenvalue weighted by molar-refractivity contribution is 5.86. The van der Waals surface area contributed by atoms with Crippen molar-refractivity contribution in [3.05, 3.63) is 0 Å². The summed E-state index contributed by atoms with van der Waals surface area (Å²) in [6.07, 6.45) is 1.83. The highest BCUT2D eigenvalue weighted by Crippen LogP contribution is 2.14. The summed E-state index contributed by atoms with van der Waals surface area (Å²) in [6.45, 7) is 8.29. The van der Waals surface area contributed by atoms with E-state index in [2.05, 4.69) is 5.32 Å². The molecule has 0 bridgehead atoms. The average molecular weight is 328 g/mol. The third-order valence-electron chi connectivity index (χ3n) is 3.36. The van der Waals surface area contributed by atoms with E-state index in [9.17, 15) is 14.4 Å². The van der Waals surface area contributed by atoms with E-state index in [0.717, 1.165) is 12.8 Å². The number of nitrogens with zero attached hydrogens (tertiary/aromatic N) is 1. The molecule has 1 atom stereocenters. The lowest BCUT2D eigenvalue weighted by Gasteiger charge is -2.26. The van der Waals surface area contributed by atoms with Gasteiger partial charge in [0.1, 0.15) is 11.6 Å². The minimum Gasteiger partial charge on any atom is -0.466 e. The maximum atomic E-state index is 12.5. The van der Waals surface area contributed by atoms with Crippen molar-refractivity contribution in [2.24, 2.45) is 0 Å². The van der Waals surface area contributed by atoms with Gasteiger partial charge in [-0.2, -0.15) is 0 Å². The second-order valence-electron chi connectivity index (χ2n) is 6.57. The van der Waals surface area contributed by atoms with Crippen LogP contribution in [0.1, 0.15) is 53.4 Å². The van der Waals surface area contributed by atoms with Gasteiger partial charge in [-0.05, 0) is 47.0 Å². The van der Waals surface area contributed by atoms with Crippen molar-refractivity contribution < 1.29 is 23.9 Å². The number of hydrogen-bond donors (Lipinski definition) is 1. The molecule has 0 spiro atoms. The predicted molar refractivity (Wildman–Crippen MR) is 84.8 cm³/mol. The molecular formula is C16H28N2O5. The number of amides is 2. The molecule has 0 aromatic rings. The summed E-state index contributed by atoms with van der Waals surface area (Å²) >= 11 is 0. The lowest BCUT2D eigenvalue weighted by molar-refractivity contribution is -0.144. The fourth-order valence-electron chi connectivity index (χ4n) is 2.37. The number of nitrogens with one attached hydrogen (secondary N) is 1. The molecule has 1 fully saturated rings. The summed E-state index contributed by atoms with van der Waals surface area (Å²) in [5.41, 5.74) is -0.610. The third kappa shape index (κ3) is 7.34. The van der Waals surface area contributed by atoms with Crippen molar-refractivity contribution >= 4 is 18.0 Å². The highest BCUT2D eigenvalue weighted by atomic mass is 16.6. The second-order valence-corrected chi connectivity index (χ2v) is 6.57. The first-order valence-corrected chi connectivity index (χ1v) is 8.17. The summed E-state index contributed by atoms with van der Waals surface area (Å²) in [6, 6.07) is -0.602. The fourth-order valence-corrected chi connectivity index (χ4v) is 2.37. The van der Waals surface area contributed by atoms with Gasteiger partial charge < -0.3 is 19.7 Å². The van der Waals surface area contributed by atoms with Crippen molar-refractivity contribution in [3.8, 4) is 0 Å². The van der Waals surface area contributed by atoms with Crippen LogP contribution in [0.3, 0.4) is 0 Å². The quantitative estimate of drug-likeness (QED) is 0.779. The fraction of sp³-hybridized carbons (Fsp3) is 0.812. The van der Waals surface area contributed by atoms with Crippen LogP contribution >= 0.6 is 0 Å². The lowest BCUT2D eigenvalue weighted by atomic mass is 10.1. The van der Waals surface area contributed by atoms with E-state index in [1.165, 1.54) is 0 Å². The molecule has 2 amide bonds. The molecule has 23 heavy (non-hydrogen) atoms.